The van der Waals surface area contributed by atoms with Crippen molar-refractivity contribution in [2.45, 2.75) is 38.7 Å². The van der Waals surface area contributed by atoms with Gasteiger partial charge in [-0.15, -0.1) is 0 Å². The zero-order chi connectivity index (χ0) is 18.9. The van der Waals surface area contributed by atoms with E-state index in [2.05, 4.69) is 0 Å². The van der Waals surface area contributed by atoms with Gasteiger partial charge in [-0.05, 0) is 38.8 Å². The fraction of sp³-hybridized carbons (Fsp3) is 0.529. The van der Waals surface area contributed by atoms with E-state index in [0.717, 1.165) is 0 Å². The van der Waals surface area contributed by atoms with E-state index in [1.165, 1.54) is 4.90 Å². The summed E-state index contributed by atoms with van der Waals surface area (Å²) in [7, 11) is 0. The number of rotatable bonds is 2. The summed E-state index contributed by atoms with van der Waals surface area (Å²) in [6.07, 6.45) is -0.568. The largest absolute Gasteiger partial charge is 0.481 e. The molecule has 1 saturated heterocycles. The third-order valence-electron chi connectivity index (χ3n) is 4.02. The Morgan fingerprint density at radius 2 is 1.76 bits per heavy atom. The van der Waals surface area contributed by atoms with Gasteiger partial charge in [-0.25, -0.2) is 18.0 Å². The number of carboxylic acids is 1. The highest BCUT2D eigenvalue weighted by molar-refractivity contribution is 5.74. The Bertz CT molecular complexity index is 687. The normalized spacial score (nSPS) is 21.1. The maximum absolute atomic E-state index is 14.0. The summed E-state index contributed by atoms with van der Waals surface area (Å²) in [6.45, 7) is 4.98. The van der Waals surface area contributed by atoms with Crippen LogP contribution >= 0.6 is 0 Å². The molecule has 0 unspecified atom stereocenters. The van der Waals surface area contributed by atoms with Crippen molar-refractivity contribution >= 4 is 12.1 Å². The average Bonchev–Trinajstić information content (AvgIpc) is 2.48. The van der Waals surface area contributed by atoms with Crippen LogP contribution in [0, 0.1) is 23.4 Å². The molecule has 5 nitrogen and oxygen atoms in total. The van der Waals surface area contributed by atoms with Crippen LogP contribution in [0.3, 0.4) is 0 Å². The molecule has 1 amide bonds. The van der Waals surface area contributed by atoms with E-state index in [1.807, 2.05) is 0 Å². The van der Waals surface area contributed by atoms with Gasteiger partial charge in [0.15, 0.2) is 11.6 Å². The van der Waals surface area contributed by atoms with Gasteiger partial charge in [0.05, 0.1) is 5.92 Å². The average molecular weight is 359 g/mol. The molecule has 0 aliphatic carbocycles. The third-order valence-corrected chi connectivity index (χ3v) is 4.02. The summed E-state index contributed by atoms with van der Waals surface area (Å²) < 4.78 is 45.8. The van der Waals surface area contributed by atoms with Gasteiger partial charge >= 0.3 is 12.1 Å². The maximum atomic E-state index is 14.0. The molecule has 0 spiro atoms. The molecule has 1 aliphatic rings. The Labute approximate surface area is 143 Å². The van der Waals surface area contributed by atoms with Gasteiger partial charge < -0.3 is 14.7 Å². The van der Waals surface area contributed by atoms with E-state index in [9.17, 15) is 27.9 Å². The Morgan fingerprint density at radius 3 is 2.32 bits per heavy atom. The Balaban J connectivity index is 2.25. The highest BCUT2D eigenvalue weighted by Gasteiger charge is 2.39. The van der Waals surface area contributed by atoms with Crippen LogP contribution in [0.25, 0.3) is 0 Å². The molecule has 25 heavy (non-hydrogen) atoms. The van der Waals surface area contributed by atoms with E-state index in [0.29, 0.717) is 12.1 Å². The number of hydrogen-bond donors (Lipinski definition) is 1. The molecule has 0 radical (unpaired) electrons. The van der Waals surface area contributed by atoms with Crippen molar-refractivity contribution in [3.63, 3.8) is 0 Å². The zero-order valence-corrected chi connectivity index (χ0v) is 14.2. The number of carboxylic acid groups (broad SMARTS) is 1. The molecule has 2 atom stereocenters. The summed E-state index contributed by atoms with van der Waals surface area (Å²) in [5.74, 6) is -6.84. The molecule has 0 aromatic heterocycles. The van der Waals surface area contributed by atoms with E-state index in [-0.39, 0.29) is 25.1 Å². The number of amides is 1. The van der Waals surface area contributed by atoms with Gasteiger partial charge in [-0.2, -0.15) is 0 Å². The number of ether oxygens (including phenoxy) is 1. The van der Waals surface area contributed by atoms with Crippen molar-refractivity contribution in [2.24, 2.45) is 5.92 Å². The van der Waals surface area contributed by atoms with Crippen LogP contribution in [0.5, 0.6) is 0 Å². The molecular formula is C17H20F3NO4. The van der Waals surface area contributed by atoms with Gasteiger partial charge in [0.25, 0.3) is 0 Å². The second-order valence-electron chi connectivity index (χ2n) is 7.05. The topological polar surface area (TPSA) is 66.8 Å². The van der Waals surface area contributed by atoms with Crippen LogP contribution in [0.15, 0.2) is 12.1 Å². The van der Waals surface area contributed by atoms with Crippen molar-refractivity contribution in [3.05, 3.63) is 35.1 Å². The van der Waals surface area contributed by atoms with Crippen LogP contribution < -0.4 is 0 Å². The molecule has 138 valence electrons. The number of halogens is 3. The Kier molecular flexibility index (Phi) is 5.29. The highest BCUT2D eigenvalue weighted by atomic mass is 19.2. The number of piperidine rings is 1. The van der Waals surface area contributed by atoms with Gasteiger partial charge in [0.2, 0.25) is 0 Å². The highest BCUT2D eigenvalue weighted by Crippen LogP contribution is 2.36. The maximum Gasteiger partial charge on any atom is 0.410 e. The second-order valence-corrected chi connectivity index (χ2v) is 7.05. The first kappa shape index (κ1) is 19.1. The molecular weight excluding hydrogens is 339 g/mol. The standard InChI is InChI=1S/C17H20F3NO4/c1-17(2,3)25-16(24)21-5-4-9(11(8-21)15(22)23)10-6-13(19)14(20)7-12(10)18/h6-7,9,11H,4-5,8H2,1-3H3,(H,22,23)/t9-,11+/m1/s1. The molecule has 1 N–H and O–H groups in total. The number of aliphatic carboxylic acids is 1. The van der Waals surface area contributed by atoms with Gasteiger partial charge in [0.1, 0.15) is 11.4 Å². The number of likely N-dealkylation sites (tertiary alicyclic amines) is 1. The number of carbonyl (C=O) groups is 2. The van der Waals surface area contributed by atoms with Crippen LogP contribution in [0.1, 0.15) is 38.7 Å². The van der Waals surface area contributed by atoms with E-state index < -0.39 is 47.0 Å². The number of benzene rings is 1. The number of carbonyl (C=O) groups excluding carboxylic acids is 1. The van der Waals surface area contributed by atoms with Crippen LogP contribution in [0.4, 0.5) is 18.0 Å². The lowest BCUT2D eigenvalue weighted by Gasteiger charge is -2.37. The fourth-order valence-electron chi connectivity index (χ4n) is 2.89. The van der Waals surface area contributed by atoms with E-state index in [4.69, 9.17) is 4.74 Å². The third kappa shape index (κ3) is 4.43. The second kappa shape index (κ2) is 6.93. The van der Waals surface area contributed by atoms with E-state index >= 15 is 0 Å². The molecule has 1 heterocycles. The van der Waals surface area contributed by atoms with Gasteiger partial charge in [0, 0.05) is 25.1 Å². The minimum absolute atomic E-state index is 0.0954. The van der Waals surface area contributed by atoms with Gasteiger partial charge in [-0.3, -0.25) is 4.79 Å². The Hall–Kier alpha value is -2.25. The van der Waals surface area contributed by atoms with Crippen LogP contribution in [-0.2, 0) is 9.53 Å². The van der Waals surface area contributed by atoms with E-state index in [1.54, 1.807) is 20.8 Å². The van der Waals surface area contributed by atoms with Crippen LogP contribution in [-0.4, -0.2) is 40.8 Å². The first-order valence-corrected chi connectivity index (χ1v) is 7.84. The lowest BCUT2D eigenvalue weighted by Crippen LogP contribution is -2.47. The molecule has 1 aromatic rings. The van der Waals surface area contributed by atoms with Crippen molar-refractivity contribution in [1.29, 1.82) is 0 Å². The summed E-state index contributed by atoms with van der Waals surface area (Å²) in [4.78, 5) is 24.9. The van der Waals surface area contributed by atoms with Crippen molar-refractivity contribution < 1.29 is 32.6 Å². The Morgan fingerprint density at radius 1 is 1.16 bits per heavy atom. The van der Waals surface area contributed by atoms with Crippen molar-refractivity contribution in [1.82, 2.24) is 4.90 Å². The molecule has 2 rings (SSSR count). The molecule has 0 saturated carbocycles. The predicted octanol–water partition coefficient (Wildman–Crippen LogP) is 3.53. The molecule has 0 bridgehead atoms. The number of nitrogens with zero attached hydrogens (tertiary/aromatic N) is 1. The minimum Gasteiger partial charge on any atom is -0.481 e. The lowest BCUT2D eigenvalue weighted by atomic mass is 9.80. The summed E-state index contributed by atoms with van der Waals surface area (Å²) in [6, 6.07) is 1.10. The van der Waals surface area contributed by atoms with Crippen LogP contribution in [0.2, 0.25) is 0 Å². The molecule has 1 fully saturated rings. The first-order valence-electron chi connectivity index (χ1n) is 7.84. The molecule has 1 aliphatic heterocycles. The quantitative estimate of drug-likeness (QED) is 0.821. The first-order chi connectivity index (χ1) is 11.5. The lowest BCUT2D eigenvalue weighted by molar-refractivity contribution is -0.144. The van der Waals surface area contributed by atoms with Crippen molar-refractivity contribution in [3.8, 4) is 0 Å². The SMILES string of the molecule is CC(C)(C)OC(=O)N1CC[C@H](c2cc(F)c(F)cc2F)[C@@H](C(=O)O)C1. The zero-order valence-electron chi connectivity index (χ0n) is 14.2. The smallest absolute Gasteiger partial charge is 0.410 e. The summed E-state index contributed by atoms with van der Waals surface area (Å²) >= 11 is 0. The van der Waals surface area contributed by atoms with Crippen molar-refractivity contribution in [2.75, 3.05) is 13.1 Å². The number of hydrogen-bond acceptors (Lipinski definition) is 3. The molecule has 1 aromatic carbocycles. The molecule has 8 heteroatoms. The summed E-state index contributed by atoms with van der Waals surface area (Å²) in [5.41, 5.74) is -0.936. The monoisotopic (exact) mass is 359 g/mol. The van der Waals surface area contributed by atoms with Gasteiger partial charge in [-0.1, -0.05) is 0 Å². The predicted molar refractivity (Wildman–Crippen MR) is 82.6 cm³/mol. The summed E-state index contributed by atoms with van der Waals surface area (Å²) in [5, 5.41) is 9.45. The fourth-order valence-corrected chi connectivity index (χ4v) is 2.89. The minimum atomic E-state index is -1.33.